The van der Waals surface area contributed by atoms with Gasteiger partial charge in [-0.25, -0.2) is 0 Å². The fourth-order valence-electron chi connectivity index (χ4n) is 2.68. The molecule has 1 aromatic carbocycles. The van der Waals surface area contributed by atoms with Crippen LogP contribution in [0.4, 0.5) is 0 Å². The van der Waals surface area contributed by atoms with E-state index in [4.69, 9.17) is 0 Å². The van der Waals surface area contributed by atoms with E-state index in [1.54, 1.807) is 0 Å². The smallest absolute Gasteiger partial charge is 0.0521 e. The molecule has 4 heteroatoms. The van der Waals surface area contributed by atoms with Gasteiger partial charge in [-0.3, -0.25) is 4.68 Å². The summed E-state index contributed by atoms with van der Waals surface area (Å²) in [5.74, 6) is 0. The van der Waals surface area contributed by atoms with Crippen LogP contribution < -0.4 is 5.32 Å². The van der Waals surface area contributed by atoms with Gasteiger partial charge in [0, 0.05) is 36.2 Å². The van der Waals surface area contributed by atoms with Crippen LogP contribution in [0.3, 0.4) is 0 Å². The quantitative estimate of drug-likeness (QED) is 0.943. The van der Waals surface area contributed by atoms with Crippen LogP contribution in [0, 0.1) is 0 Å². The lowest BCUT2D eigenvalue weighted by atomic mass is 9.71. The van der Waals surface area contributed by atoms with Crippen molar-refractivity contribution in [3.05, 3.63) is 52.3 Å². The molecule has 1 aliphatic heterocycles. The van der Waals surface area contributed by atoms with Crippen molar-refractivity contribution < 1.29 is 0 Å². The molecule has 2 heterocycles. The Hall–Kier alpha value is -1.13. The maximum absolute atomic E-state index is 4.26. The third kappa shape index (κ3) is 1.99. The Morgan fingerprint density at radius 1 is 1.39 bits per heavy atom. The van der Waals surface area contributed by atoms with Crippen LogP contribution in [0.2, 0.25) is 0 Å². The van der Waals surface area contributed by atoms with Gasteiger partial charge in [-0.1, -0.05) is 34.1 Å². The van der Waals surface area contributed by atoms with Gasteiger partial charge in [0.25, 0.3) is 0 Å². The fraction of sp³-hybridized carbons (Fsp3) is 0.357. The third-order valence-corrected chi connectivity index (χ3v) is 4.36. The molecule has 0 spiro atoms. The van der Waals surface area contributed by atoms with Crippen LogP contribution in [0.5, 0.6) is 0 Å². The first-order valence-corrected chi connectivity index (χ1v) is 6.92. The molecule has 0 aliphatic carbocycles. The van der Waals surface area contributed by atoms with Crippen molar-refractivity contribution >= 4 is 15.9 Å². The molecule has 1 aromatic heterocycles. The number of nitrogens with zero attached hydrogens (tertiary/aromatic N) is 2. The predicted molar refractivity (Wildman–Crippen MR) is 75.6 cm³/mol. The molecule has 94 valence electrons. The number of nitrogens with one attached hydrogen (secondary N) is 1. The van der Waals surface area contributed by atoms with Crippen molar-refractivity contribution in [3.63, 3.8) is 0 Å². The molecule has 18 heavy (non-hydrogen) atoms. The number of aryl methyl sites for hydroxylation is 1. The third-order valence-electron chi connectivity index (χ3n) is 3.67. The van der Waals surface area contributed by atoms with E-state index >= 15 is 0 Å². The molecule has 0 unspecified atom stereocenters. The van der Waals surface area contributed by atoms with E-state index in [9.17, 15) is 0 Å². The van der Waals surface area contributed by atoms with Crippen molar-refractivity contribution in [2.75, 3.05) is 13.1 Å². The molecule has 0 saturated carbocycles. The van der Waals surface area contributed by atoms with E-state index in [2.05, 4.69) is 56.8 Å². The Labute approximate surface area is 115 Å². The van der Waals surface area contributed by atoms with Crippen molar-refractivity contribution in [3.8, 4) is 0 Å². The molecule has 1 N–H and O–H groups in total. The van der Waals surface area contributed by atoms with Crippen LogP contribution >= 0.6 is 15.9 Å². The average Bonchev–Trinajstić information content (AvgIpc) is 2.71. The lowest BCUT2D eigenvalue weighted by molar-refractivity contribution is 0.273. The summed E-state index contributed by atoms with van der Waals surface area (Å²) in [6.07, 6.45) is 5.12. The van der Waals surface area contributed by atoms with Gasteiger partial charge in [0.1, 0.15) is 0 Å². The summed E-state index contributed by atoms with van der Waals surface area (Å²) in [6.45, 7) is 2.06. The summed E-state index contributed by atoms with van der Waals surface area (Å²) in [6, 6.07) is 8.53. The van der Waals surface area contributed by atoms with Gasteiger partial charge in [0.15, 0.2) is 0 Å². The number of aromatic nitrogens is 2. The second-order valence-corrected chi connectivity index (χ2v) is 5.92. The number of halogens is 1. The number of rotatable bonds is 3. The highest BCUT2D eigenvalue weighted by Crippen LogP contribution is 2.36. The molecule has 1 saturated heterocycles. The predicted octanol–water partition coefficient (Wildman–Crippen LogP) is 2.27. The first-order chi connectivity index (χ1) is 8.70. The monoisotopic (exact) mass is 305 g/mol. The highest BCUT2D eigenvalue weighted by Gasteiger charge is 2.40. The first kappa shape index (κ1) is 11.9. The molecular formula is C14H16BrN3. The summed E-state index contributed by atoms with van der Waals surface area (Å²) < 4.78 is 3.07. The molecule has 0 radical (unpaired) electrons. The Kier molecular flexibility index (Phi) is 2.99. The summed E-state index contributed by atoms with van der Waals surface area (Å²) in [4.78, 5) is 0. The Morgan fingerprint density at radius 3 is 2.72 bits per heavy atom. The lowest BCUT2D eigenvalue weighted by Gasteiger charge is -2.43. The topological polar surface area (TPSA) is 29.9 Å². The van der Waals surface area contributed by atoms with Crippen molar-refractivity contribution in [1.82, 2.24) is 15.1 Å². The number of benzene rings is 1. The fourth-order valence-corrected chi connectivity index (χ4v) is 3.39. The maximum atomic E-state index is 4.26. The first-order valence-electron chi connectivity index (χ1n) is 6.13. The van der Waals surface area contributed by atoms with Crippen LogP contribution in [-0.2, 0) is 18.9 Å². The Morgan fingerprint density at radius 2 is 2.17 bits per heavy atom. The van der Waals surface area contributed by atoms with Gasteiger partial charge in [0.2, 0.25) is 0 Å². The van der Waals surface area contributed by atoms with Crippen molar-refractivity contribution in [2.24, 2.45) is 7.05 Å². The van der Waals surface area contributed by atoms with Crippen LogP contribution in [-0.4, -0.2) is 22.9 Å². The van der Waals surface area contributed by atoms with E-state index in [1.807, 2.05) is 17.9 Å². The zero-order valence-electron chi connectivity index (χ0n) is 10.4. The lowest BCUT2D eigenvalue weighted by Crippen LogP contribution is -2.58. The molecule has 3 nitrogen and oxygen atoms in total. The van der Waals surface area contributed by atoms with E-state index in [-0.39, 0.29) is 5.41 Å². The Bertz CT molecular complexity index is 558. The normalized spacial score (nSPS) is 17.4. The minimum atomic E-state index is 0.211. The molecule has 1 aliphatic rings. The molecular weight excluding hydrogens is 290 g/mol. The minimum absolute atomic E-state index is 0.211. The second-order valence-electron chi connectivity index (χ2n) is 5.06. The highest BCUT2D eigenvalue weighted by atomic mass is 79.9. The molecule has 0 bridgehead atoms. The van der Waals surface area contributed by atoms with Gasteiger partial charge in [-0.15, -0.1) is 0 Å². The highest BCUT2D eigenvalue weighted by molar-refractivity contribution is 9.10. The van der Waals surface area contributed by atoms with E-state index in [0.29, 0.717) is 0 Å². The van der Waals surface area contributed by atoms with Crippen molar-refractivity contribution in [2.45, 2.75) is 11.8 Å². The Balaban J connectivity index is 1.93. The molecule has 0 atom stereocenters. The largest absolute Gasteiger partial charge is 0.315 e. The van der Waals surface area contributed by atoms with Crippen molar-refractivity contribution in [1.29, 1.82) is 0 Å². The summed E-state index contributed by atoms with van der Waals surface area (Å²) in [7, 11) is 1.97. The average molecular weight is 306 g/mol. The van der Waals surface area contributed by atoms with E-state index in [0.717, 1.165) is 19.5 Å². The summed E-state index contributed by atoms with van der Waals surface area (Å²) >= 11 is 3.68. The maximum Gasteiger partial charge on any atom is 0.0521 e. The molecule has 3 rings (SSSR count). The van der Waals surface area contributed by atoms with Gasteiger partial charge in [0.05, 0.1) is 6.20 Å². The molecule has 2 aromatic rings. The number of hydrogen-bond acceptors (Lipinski definition) is 2. The minimum Gasteiger partial charge on any atom is -0.315 e. The zero-order valence-corrected chi connectivity index (χ0v) is 11.9. The van der Waals surface area contributed by atoms with E-state index in [1.165, 1.54) is 15.6 Å². The van der Waals surface area contributed by atoms with Crippen LogP contribution in [0.15, 0.2) is 41.1 Å². The van der Waals surface area contributed by atoms with Gasteiger partial charge >= 0.3 is 0 Å². The zero-order chi connectivity index (χ0) is 12.6. The van der Waals surface area contributed by atoms with Crippen LogP contribution in [0.25, 0.3) is 0 Å². The molecule has 0 amide bonds. The molecule has 1 fully saturated rings. The SMILES string of the molecule is Cn1cc(CC2(c3ccccc3Br)CNC2)cn1. The van der Waals surface area contributed by atoms with Crippen LogP contribution in [0.1, 0.15) is 11.1 Å². The summed E-state index contributed by atoms with van der Waals surface area (Å²) in [5.41, 5.74) is 2.91. The van der Waals surface area contributed by atoms with Gasteiger partial charge < -0.3 is 5.32 Å². The number of hydrogen-bond donors (Lipinski definition) is 1. The summed E-state index contributed by atoms with van der Waals surface area (Å²) in [5, 5.41) is 7.67. The second kappa shape index (κ2) is 4.52. The van der Waals surface area contributed by atoms with Gasteiger partial charge in [-0.05, 0) is 23.6 Å². The standard InChI is InChI=1S/C14H16BrN3/c1-18-8-11(7-17-18)6-14(9-16-10-14)12-4-2-3-5-13(12)15/h2-5,7-8,16H,6,9-10H2,1H3. The van der Waals surface area contributed by atoms with Gasteiger partial charge in [-0.2, -0.15) is 5.10 Å². The van der Waals surface area contributed by atoms with E-state index < -0.39 is 0 Å².